The van der Waals surface area contributed by atoms with Gasteiger partial charge in [-0.2, -0.15) is 0 Å². The summed E-state index contributed by atoms with van der Waals surface area (Å²) in [6.45, 7) is 13.6. The first-order valence-electron chi connectivity index (χ1n) is 11.4. The molecule has 0 saturated heterocycles. The average Bonchev–Trinajstić information content (AvgIpc) is 2.56. The summed E-state index contributed by atoms with van der Waals surface area (Å²) in [5, 5.41) is 19.9. The minimum atomic E-state index is -1.15. The van der Waals surface area contributed by atoms with Crippen molar-refractivity contribution in [1.29, 1.82) is 0 Å². The number of benzene rings is 1. The van der Waals surface area contributed by atoms with E-state index in [2.05, 4.69) is 41.5 Å². The highest BCUT2D eigenvalue weighted by atomic mass is 16.4. The van der Waals surface area contributed by atoms with Crippen LogP contribution in [0, 0.1) is 22.7 Å². The van der Waals surface area contributed by atoms with Crippen molar-refractivity contribution < 1.29 is 19.8 Å². The second kappa shape index (κ2) is 8.01. The number of aromatic carboxylic acids is 2. The molecule has 2 fully saturated rings. The third kappa shape index (κ3) is 4.73. The third-order valence-corrected chi connectivity index (χ3v) is 7.35. The van der Waals surface area contributed by atoms with Crippen LogP contribution >= 0.6 is 0 Å². The quantitative estimate of drug-likeness (QED) is 0.559. The lowest BCUT2D eigenvalue weighted by atomic mass is 9.61. The van der Waals surface area contributed by atoms with Gasteiger partial charge in [0, 0.05) is 0 Å². The third-order valence-electron chi connectivity index (χ3n) is 7.35. The number of carboxylic acids is 2. The Morgan fingerprint density at radius 3 is 1.77 bits per heavy atom. The fraction of sp³-hybridized carbons (Fsp3) is 0.692. The van der Waals surface area contributed by atoms with Gasteiger partial charge in [0.1, 0.15) is 0 Å². The van der Waals surface area contributed by atoms with E-state index >= 15 is 0 Å². The zero-order chi connectivity index (χ0) is 22.4. The van der Waals surface area contributed by atoms with Gasteiger partial charge in [-0.1, -0.05) is 47.6 Å². The first-order valence-corrected chi connectivity index (χ1v) is 11.4. The smallest absolute Gasteiger partial charge is 0.336 e. The van der Waals surface area contributed by atoms with E-state index in [1.807, 2.05) is 6.07 Å². The topological polar surface area (TPSA) is 74.6 Å². The van der Waals surface area contributed by atoms with E-state index in [0.717, 1.165) is 43.2 Å². The van der Waals surface area contributed by atoms with Gasteiger partial charge < -0.3 is 10.2 Å². The molecular weight excluding hydrogens is 376 g/mol. The lowest BCUT2D eigenvalue weighted by molar-refractivity contribution is 0.0648. The van der Waals surface area contributed by atoms with Crippen LogP contribution in [-0.4, -0.2) is 22.2 Å². The van der Waals surface area contributed by atoms with Gasteiger partial charge in [0.05, 0.1) is 11.1 Å². The van der Waals surface area contributed by atoms with Gasteiger partial charge in [-0.15, -0.1) is 0 Å². The molecule has 1 aromatic rings. The van der Waals surface area contributed by atoms with Crippen LogP contribution in [0.3, 0.4) is 0 Å². The van der Waals surface area contributed by atoms with Gasteiger partial charge >= 0.3 is 11.9 Å². The Bertz CT molecular complexity index is 836. The molecule has 3 rings (SSSR count). The van der Waals surface area contributed by atoms with Crippen molar-refractivity contribution in [2.24, 2.45) is 22.7 Å². The average molecular weight is 415 g/mol. The molecule has 0 spiro atoms. The maximum absolute atomic E-state index is 12.4. The number of carbonyl (C=O) groups is 2. The largest absolute Gasteiger partial charge is 0.478 e. The molecular formula is C26H38O4. The molecule has 2 saturated carbocycles. The maximum atomic E-state index is 12.4. The summed E-state index contributed by atoms with van der Waals surface area (Å²) in [6.07, 6.45) is 6.17. The van der Waals surface area contributed by atoms with Crippen LogP contribution in [-0.2, 0) is 0 Å². The number of carboxylic acid groups (broad SMARTS) is 2. The molecule has 1 aromatic carbocycles. The summed E-state index contributed by atoms with van der Waals surface area (Å²) in [6, 6.07) is 3.48. The number of hydrogen-bond acceptors (Lipinski definition) is 2. The molecule has 2 unspecified atom stereocenters. The first kappa shape index (κ1) is 22.8. The zero-order valence-electron chi connectivity index (χ0n) is 19.4. The first-order chi connectivity index (χ1) is 13.8. The Morgan fingerprint density at radius 2 is 1.30 bits per heavy atom. The summed E-state index contributed by atoms with van der Waals surface area (Å²) in [5.74, 6) is -0.835. The van der Waals surface area contributed by atoms with Crippen LogP contribution in [0.5, 0.6) is 0 Å². The van der Waals surface area contributed by atoms with Gasteiger partial charge in [-0.05, 0) is 90.2 Å². The lowest BCUT2D eigenvalue weighted by Crippen LogP contribution is -2.31. The molecule has 0 bridgehead atoms. The molecule has 0 heterocycles. The second-order valence-corrected chi connectivity index (χ2v) is 11.8. The maximum Gasteiger partial charge on any atom is 0.336 e. The predicted octanol–water partition coefficient (Wildman–Crippen LogP) is 6.94. The molecule has 30 heavy (non-hydrogen) atoms. The van der Waals surface area contributed by atoms with Crippen LogP contribution in [0.1, 0.15) is 124 Å². The summed E-state index contributed by atoms with van der Waals surface area (Å²) < 4.78 is 0. The summed E-state index contributed by atoms with van der Waals surface area (Å²) in [4.78, 5) is 24.3. The fourth-order valence-electron chi connectivity index (χ4n) is 6.99. The highest BCUT2D eigenvalue weighted by Gasteiger charge is 2.40. The van der Waals surface area contributed by atoms with Crippen molar-refractivity contribution in [2.75, 3.05) is 0 Å². The number of rotatable bonds is 4. The van der Waals surface area contributed by atoms with Gasteiger partial charge in [0.2, 0.25) is 0 Å². The van der Waals surface area contributed by atoms with Gasteiger partial charge in [-0.25, -0.2) is 9.59 Å². The normalized spacial score (nSPS) is 30.6. The lowest BCUT2D eigenvalue weighted by Gasteiger charge is -2.43. The van der Waals surface area contributed by atoms with Crippen LogP contribution in [0.4, 0.5) is 0 Å². The van der Waals surface area contributed by atoms with E-state index in [4.69, 9.17) is 0 Å². The van der Waals surface area contributed by atoms with Crippen LogP contribution in [0.2, 0.25) is 0 Å². The second-order valence-electron chi connectivity index (χ2n) is 11.8. The van der Waals surface area contributed by atoms with E-state index in [-0.39, 0.29) is 33.8 Å². The van der Waals surface area contributed by atoms with Gasteiger partial charge in [0.25, 0.3) is 0 Å². The molecule has 0 radical (unpaired) electrons. The predicted molar refractivity (Wildman–Crippen MR) is 119 cm³/mol. The monoisotopic (exact) mass is 414 g/mol. The highest BCUT2D eigenvalue weighted by Crippen LogP contribution is 2.52. The Balaban J connectivity index is 2.21. The van der Waals surface area contributed by atoms with Crippen LogP contribution in [0.15, 0.2) is 12.1 Å². The van der Waals surface area contributed by atoms with Crippen LogP contribution < -0.4 is 0 Å². The van der Waals surface area contributed by atoms with Crippen molar-refractivity contribution in [3.63, 3.8) is 0 Å². The molecule has 4 nitrogen and oxygen atoms in total. The molecule has 166 valence electrons. The molecule has 0 aromatic heterocycles. The molecule has 4 heteroatoms. The Hall–Kier alpha value is -1.84. The summed E-state index contributed by atoms with van der Waals surface area (Å²) in [5.41, 5.74) is 2.19. The van der Waals surface area contributed by atoms with Crippen molar-refractivity contribution in [3.05, 3.63) is 34.4 Å². The molecule has 2 aliphatic rings. The van der Waals surface area contributed by atoms with E-state index in [0.29, 0.717) is 11.8 Å². The number of hydrogen-bond donors (Lipinski definition) is 2. The molecule has 2 aliphatic carbocycles. The highest BCUT2D eigenvalue weighted by molar-refractivity contribution is 6.03. The van der Waals surface area contributed by atoms with Crippen molar-refractivity contribution >= 4 is 11.9 Å². The Kier molecular flexibility index (Phi) is 6.10. The molecule has 0 amide bonds. The van der Waals surface area contributed by atoms with Crippen molar-refractivity contribution in [2.45, 2.75) is 91.9 Å². The van der Waals surface area contributed by atoms with E-state index in [1.165, 1.54) is 12.5 Å². The van der Waals surface area contributed by atoms with Gasteiger partial charge in [-0.3, -0.25) is 0 Å². The SMILES string of the molecule is CC1CC(c2ccc(C(=O)O)c(C(=O)O)c2[C@@H]2C[C@@H](C)CC(C)(C)C2)CC(C)(C)C1. The zero-order valence-corrected chi connectivity index (χ0v) is 19.4. The minimum Gasteiger partial charge on any atom is -0.478 e. The van der Waals surface area contributed by atoms with E-state index < -0.39 is 11.9 Å². The van der Waals surface area contributed by atoms with E-state index in [9.17, 15) is 19.8 Å². The van der Waals surface area contributed by atoms with Crippen LogP contribution in [0.25, 0.3) is 0 Å². The van der Waals surface area contributed by atoms with E-state index in [1.54, 1.807) is 0 Å². The van der Waals surface area contributed by atoms with Crippen molar-refractivity contribution in [3.8, 4) is 0 Å². The van der Waals surface area contributed by atoms with Crippen molar-refractivity contribution in [1.82, 2.24) is 0 Å². The Labute approximate surface area is 181 Å². The fourth-order valence-corrected chi connectivity index (χ4v) is 6.99. The molecule has 0 aliphatic heterocycles. The van der Waals surface area contributed by atoms with Gasteiger partial charge in [0.15, 0.2) is 0 Å². The minimum absolute atomic E-state index is 0.0333. The summed E-state index contributed by atoms with van der Waals surface area (Å²) >= 11 is 0. The Morgan fingerprint density at radius 1 is 0.800 bits per heavy atom. The standard InChI is InChI=1S/C26H38O4/c1-15-9-17(13-25(3,4)11-15)19-7-8-20(23(27)28)22(24(29)30)21(19)18-10-16(2)12-26(5,6)14-18/h7-8,15-18H,9-14H2,1-6H3,(H,27,28)(H,29,30)/t15?,16-,17?,18-/m1/s1. The summed E-state index contributed by atoms with van der Waals surface area (Å²) in [7, 11) is 0. The molecule has 2 N–H and O–H groups in total. The molecule has 4 atom stereocenters.